The molecule has 1 saturated carbocycles. The fourth-order valence-electron chi connectivity index (χ4n) is 3.40. The van der Waals surface area contributed by atoms with Gasteiger partial charge in [-0.1, -0.05) is 0 Å². The molecule has 0 saturated heterocycles. The molecular weight excluding hydrogens is 404 g/mol. The van der Waals surface area contributed by atoms with E-state index in [9.17, 15) is 14.4 Å². The maximum absolute atomic E-state index is 12.2. The van der Waals surface area contributed by atoms with Crippen molar-refractivity contribution in [1.29, 1.82) is 0 Å². The van der Waals surface area contributed by atoms with Gasteiger partial charge in [-0.15, -0.1) is 11.3 Å². The molecule has 1 aliphatic carbocycles. The van der Waals surface area contributed by atoms with Gasteiger partial charge in [-0.05, 0) is 73.9 Å². The van der Waals surface area contributed by atoms with E-state index in [4.69, 9.17) is 9.84 Å². The second-order valence-electron chi connectivity index (χ2n) is 7.45. The standard InChI is InChI=1S/C22H26N2O5S/c1-14-12-19(30-13-14)21(26)24-11-10-23-20(25)15-2-6-17(7-3-15)29-18-8-4-16(5-9-18)22(27)28/h2-3,6-7,12-13,16,18H,4-5,8-11H2,1H3,(H,23,25)(H,24,26)(H,27,28)/t16-,18+. The zero-order valence-corrected chi connectivity index (χ0v) is 17.7. The molecule has 8 heteroatoms. The summed E-state index contributed by atoms with van der Waals surface area (Å²) in [5.74, 6) is -0.685. The van der Waals surface area contributed by atoms with E-state index in [1.165, 1.54) is 11.3 Å². The first-order valence-electron chi connectivity index (χ1n) is 10.0. The van der Waals surface area contributed by atoms with Crippen LogP contribution < -0.4 is 15.4 Å². The molecular formula is C22H26N2O5S. The fraction of sp³-hybridized carbons (Fsp3) is 0.409. The van der Waals surface area contributed by atoms with Crippen molar-refractivity contribution in [2.24, 2.45) is 5.92 Å². The Morgan fingerprint density at radius 2 is 1.67 bits per heavy atom. The van der Waals surface area contributed by atoms with Gasteiger partial charge in [0, 0.05) is 18.7 Å². The SMILES string of the molecule is Cc1csc(C(=O)NCCNC(=O)c2ccc(O[C@H]3CC[C@@H](C(=O)O)CC3)cc2)c1. The lowest BCUT2D eigenvalue weighted by Gasteiger charge is -2.26. The molecule has 0 aliphatic heterocycles. The van der Waals surface area contributed by atoms with Crippen LogP contribution in [-0.4, -0.2) is 42.1 Å². The number of carbonyl (C=O) groups is 3. The molecule has 0 spiro atoms. The minimum absolute atomic E-state index is 0.0102. The summed E-state index contributed by atoms with van der Waals surface area (Å²) in [7, 11) is 0. The van der Waals surface area contributed by atoms with Gasteiger partial charge >= 0.3 is 5.97 Å². The number of rotatable bonds is 8. The third-order valence-corrected chi connectivity index (χ3v) is 6.14. The number of aryl methyl sites for hydroxylation is 1. The lowest BCUT2D eigenvalue weighted by Crippen LogP contribution is -2.34. The molecule has 30 heavy (non-hydrogen) atoms. The molecule has 1 aromatic heterocycles. The van der Waals surface area contributed by atoms with Gasteiger partial charge < -0.3 is 20.5 Å². The number of hydrogen-bond donors (Lipinski definition) is 3. The Balaban J connectivity index is 1.38. The Bertz CT molecular complexity index is 885. The average molecular weight is 431 g/mol. The number of nitrogens with one attached hydrogen (secondary N) is 2. The maximum atomic E-state index is 12.2. The number of thiophene rings is 1. The van der Waals surface area contributed by atoms with Crippen LogP contribution in [0.5, 0.6) is 5.75 Å². The van der Waals surface area contributed by atoms with Crippen LogP contribution >= 0.6 is 11.3 Å². The normalized spacial score (nSPS) is 18.4. The first-order chi connectivity index (χ1) is 14.4. The van der Waals surface area contributed by atoms with E-state index in [1.807, 2.05) is 18.4 Å². The van der Waals surface area contributed by atoms with Gasteiger partial charge in [0.1, 0.15) is 5.75 Å². The Labute approximate surface area is 179 Å². The van der Waals surface area contributed by atoms with Crippen LogP contribution in [0.25, 0.3) is 0 Å². The summed E-state index contributed by atoms with van der Waals surface area (Å²) in [6.07, 6.45) is 2.70. The number of ether oxygens (including phenoxy) is 1. The van der Waals surface area contributed by atoms with E-state index in [-0.39, 0.29) is 23.8 Å². The molecule has 2 amide bonds. The fourth-order valence-corrected chi connectivity index (χ4v) is 4.21. The van der Waals surface area contributed by atoms with Crippen LogP contribution in [-0.2, 0) is 4.79 Å². The van der Waals surface area contributed by atoms with E-state index in [0.29, 0.717) is 42.1 Å². The van der Waals surface area contributed by atoms with Gasteiger partial charge in [0.25, 0.3) is 11.8 Å². The lowest BCUT2D eigenvalue weighted by atomic mass is 9.87. The maximum Gasteiger partial charge on any atom is 0.306 e. The monoisotopic (exact) mass is 430 g/mol. The molecule has 1 aliphatic rings. The highest BCUT2D eigenvalue weighted by atomic mass is 32.1. The van der Waals surface area contributed by atoms with Gasteiger partial charge in [-0.3, -0.25) is 14.4 Å². The van der Waals surface area contributed by atoms with Crippen molar-refractivity contribution in [3.63, 3.8) is 0 Å². The van der Waals surface area contributed by atoms with E-state index < -0.39 is 5.97 Å². The van der Waals surface area contributed by atoms with Crippen molar-refractivity contribution in [1.82, 2.24) is 10.6 Å². The van der Waals surface area contributed by atoms with E-state index >= 15 is 0 Å². The number of aliphatic carboxylic acids is 1. The topological polar surface area (TPSA) is 105 Å². The van der Waals surface area contributed by atoms with Crippen molar-refractivity contribution in [3.05, 3.63) is 51.7 Å². The number of hydrogen-bond acceptors (Lipinski definition) is 5. The minimum atomic E-state index is -0.731. The molecule has 1 fully saturated rings. The van der Waals surface area contributed by atoms with Gasteiger partial charge in [0.2, 0.25) is 0 Å². The highest BCUT2D eigenvalue weighted by molar-refractivity contribution is 7.12. The zero-order chi connectivity index (χ0) is 21.5. The van der Waals surface area contributed by atoms with Crippen LogP contribution in [0.3, 0.4) is 0 Å². The number of carbonyl (C=O) groups excluding carboxylic acids is 2. The Morgan fingerprint density at radius 3 is 2.23 bits per heavy atom. The average Bonchev–Trinajstić information content (AvgIpc) is 3.18. The summed E-state index contributed by atoms with van der Waals surface area (Å²) in [6.45, 7) is 2.62. The summed E-state index contributed by atoms with van der Waals surface area (Å²) < 4.78 is 5.92. The highest BCUT2D eigenvalue weighted by Crippen LogP contribution is 2.28. The van der Waals surface area contributed by atoms with Crippen molar-refractivity contribution in [3.8, 4) is 5.75 Å². The molecule has 7 nitrogen and oxygen atoms in total. The van der Waals surface area contributed by atoms with Gasteiger partial charge in [-0.25, -0.2) is 0 Å². The van der Waals surface area contributed by atoms with Crippen molar-refractivity contribution in [2.45, 2.75) is 38.7 Å². The number of benzene rings is 1. The van der Waals surface area contributed by atoms with Gasteiger partial charge in [0.05, 0.1) is 16.9 Å². The van der Waals surface area contributed by atoms with Crippen molar-refractivity contribution < 1.29 is 24.2 Å². The number of carboxylic acids is 1. The Morgan fingerprint density at radius 1 is 1.03 bits per heavy atom. The smallest absolute Gasteiger partial charge is 0.306 e. The van der Waals surface area contributed by atoms with Gasteiger partial charge in [0.15, 0.2) is 0 Å². The summed E-state index contributed by atoms with van der Waals surface area (Å²) in [4.78, 5) is 35.9. The molecule has 160 valence electrons. The molecule has 1 heterocycles. The lowest BCUT2D eigenvalue weighted by molar-refractivity contribution is -0.143. The number of carboxylic acid groups (broad SMARTS) is 1. The Hall–Kier alpha value is -2.87. The van der Waals surface area contributed by atoms with Crippen LogP contribution in [0, 0.1) is 12.8 Å². The zero-order valence-electron chi connectivity index (χ0n) is 16.8. The molecule has 0 radical (unpaired) electrons. The Kier molecular flexibility index (Phi) is 7.46. The van der Waals surface area contributed by atoms with Crippen molar-refractivity contribution in [2.75, 3.05) is 13.1 Å². The summed E-state index contributed by atoms with van der Waals surface area (Å²) in [5, 5.41) is 16.5. The minimum Gasteiger partial charge on any atom is -0.490 e. The molecule has 0 unspecified atom stereocenters. The van der Waals surface area contributed by atoms with Crippen LogP contribution in [0.4, 0.5) is 0 Å². The first-order valence-corrected chi connectivity index (χ1v) is 10.9. The van der Waals surface area contributed by atoms with E-state index in [1.54, 1.807) is 24.3 Å². The molecule has 1 aromatic carbocycles. The van der Waals surface area contributed by atoms with E-state index in [2.05, 4.69) is 10.6 Å². The quantitative estimate of drug-likeness (QED) is 0.558. The predicted molar refractivity (Wildman–Crippen MR) is 114 cm³/mol. The van der Waals surface area contributed by atoms with E-state index in [0.717, 1.165) is 18.4 Å². The molecule has 3 rings (SSSR count). The molecule has 0 bridgehead atoms. The molecule has 0 atom stereocenters. The largest absolute Gasteiger partial charge is 0.490 e. The van der Waals surface area contributed by atoms with Crippen LogP contribution in [0.2, 0.25) is 0 Å². The molecule has 3 N–H and O–H groups in total. The van der Waals surface area contributed by atoms with Crippen LogP contribution in [0.15, 0.2) is 35.7 Å². The highest BCUT2D eigenvalue weighted by Gasteiger charge is 2.26. The second-order valence-corrected chi connectivity index (χ2v) is 8.37. The molecule has 2 aromatic rings. The summed E-state index contributed by atoms with van der Waals surface area (Å²) >= 11 is 1.40. The third-order valence-electron chi connectivity index (χ3n) is 5.09. The van der Waals surface area contributed by atoms with Gasteiger partial charge in [-0.2, -0.15) is 0 Å². The predicted octanol–water partition coefficient (Wildman–Crippen LogP) is 3.24. The number of amides is 2. The van der Waals surface area contributed by atoms with Crippen molar-refractivity contribution >= 4 is 29.1 Å². The summed E-state index contributed by atoms with van der Waals surface area (Å²) in [5.41, 5.74) is 1.57. The van der Waals surface area contributed by atoms with Crippen LogP contribution in [0.1, 0.15) is 51.3 Å². The second kappa shape index (κ2) is 10.2. The third kappa shape index (κ3) is 6.06. The first kappa shape index (κ1) is 21.8. The summed E-state index contributed by atoms with van der Waals surface area (Å²) in [6, 6.07) is 8.72.